The summed E-state index contributed by atoms with van der Waals surface area (Å²) in [6, 6.07) is 5.91. The van der Waals surface area contributed by atoms with Gasteiger partial charge in [0, 0.05) is 20.0 Å². The summed E-state index contributed by atoms with van der Waals surface area (Å²) < 4.78 is 12.8. The average molecular weight is 280 g/mol. The fourth-order valence-electron chi connectivity index (χ4n) is 1.72. The molecular weight excluding hydrogens is 259 g/mol. The molecule has 0 bridgehead atoms. The van der Waals surface area contributed by atoms with Gasteiger partial charge in [-0.05, 0) is 24.1 Å². The van der Waals surface area contributed by atoms with Crippen molar-refractivity contribution in [2.45, 2.75) is 33.2 Å². The molecule has 0 saturated heterocycles. The van der Waals surface area contributed by atoms with Crippen LogP contribution in [0.3, 0.4) is 0 Å². The van der Waals surface area contributed by atoms with Gasteiger partial charge in [0.2, 0.25) is 11.8 Å². The Morgan fingerprint density at radius 2 is 1.90 bits per heavy atom. The summed E-state index contributed by atoms with van der Waals surface area (Å²) in [5.74, 6) is -0.670. The van der Waals surface area contributed by atoms with Crippen LogP contribution < -0.4 is 5.32 Å². The minimum atomic E-state index is -0.319. The van der Waals surface area contributed by atoms with Crippen molar-refractivity contribution in [1.82, 2.24) is 10.2 Å². The molecule has 0 aliphatic carbocycles. The van der Waals surface area contributed by atoms with Crippen LogP contribution in [0.25, 0.3) is 0 Å². The number of carbonyl (C=O) groups excluding carboxylic acids is 2. The molecule has 20 heavy (non-hydrogen) atoms. The Kier molecular flexibility index (Phi) is 6.70. The van der Waals surface area contributed by atoms with Crippen molar-refractivity contribution in [3.8, 4) is 0 Å². The molecule has 0 fully saturated rings. The number of nitrogens with one attached hydrogen (secondary N) is 1. The third-order valence-electron chi connectivity index (χ3n) is 2.92. The molecule has 5 heteroatoms. The Labute approximate surface area is 119 Å². The van der Waals surface area contributed by atoms with E-state index in [4.69, 9.17) is 0 Å². The summed E-state index contributed by atoms with van der Waals surface area (Å²) in [5, 5.41) is 2.77. The molecule has 1 aromatic carbocycles. The van der Waals surface area contributed by atoms with Gasteiger partial charge in [-0.25, -0.2) is 4.39 Å². The standard InChI is InChI=1S/C15H21FN2O2/c1-3-4-9-17-15(20)11-18(12(2)19)10-13-5-7-14(16)8-6-13/h5-8H,3-4,9-11H2,1-2H3,(H,17,20). The Hall–Kier alpha value is -1.91. The molecule has 2 amide bonds. The third kappa shape index (κ3) is 5.82. The van der Waals surface area contributed by atoms with Crippen molar-refractivity contribution in [3.05, 3.63) is 35.6 Å². The normalized spacial score (nSPS) is 10.2. The van der Waals surface area contributed by atoms with E-state index >= 15 is 0 Å². The van der Waals surface area contributed by atoms with Gasteiger partial charge in [0.1, 0.15) is 5.82 Å². The molecule has 110 valence electrons. The summed E-state index contributed by atoms with van der Waals surface area (Å²) in [6.45, 7) is 4.41. The second-order valence-electron chi connectivity index (χ2n) is 4.71. The maximum Gasteiger partial charge on any atom is 0.239 e. The largest absolute Gasteiger partial charge is 0.355 e. The summed E-state index contributed by atoms with van der Waals surface area (Å²) in [6.07, 6.45) is 1.93. The maximum absolute atomic E-state index is 12.8. The monoisotopic (exact) mass is 280 g/mol. The van der Waals surface area contributed by atoms with Crippen LogP contribution in [0.2, 0.25) is 0 Å². The van der Waals surface area contributed by atoms with Gasteiger partial charge in [-0.1, -0.05) is 25.5 Å². The minimum absolute atomic E-state index is 0.0242. The van der Waals surface area contributed by atoms with Crippen LogP contribution in [0.4, 0.5) is 4.39 Å². The molecule has 0 aliphatic rings. The number of unbranched alkanes of at least 4 members (excludes halogenated alkanes) is 1. The Morgan fingerprint density at radius 1 is 1.25 bits per heavy atom. The van der Waals surface area contributed by atoms with Crippen LogP contribution in [0.15, 0.2) is 24.3 Å². The molecule has 1 aromatic rings. The molecule has 0 aromatic heterocycles. The predicted octanol–water partition coefficient (Wildman–Crippen LogP) is 2.09. The number of carbonyl (C=O) groups is 2. The van der Waals surface area contributed by atoms with Crippen LogP contribution in [0.1, 0.15) is 32.3 Å². The summed E-state index contributed by atoms with van der Waals surface area (Å²) >= 11 is 0. The highest BCUT2D eigenvalue weighted by Gasteiger charge is 2.13. The van der Waals surface area contributed by atoms with Gasteiger partial charge < -0.3 is 10.2 Å². The number of rotatable bonds is 7. The molecule has 0 unspecified atom stereocenters. The zero-order valence-electron chi connectivity index (χ0n) is 12.0. The second kappa shape index (κ2) is 8.30. The first-order valence-corrected chi connectivity index (χ1v) is 6.79. The fraction of sp³-hybridized carbons (Fsp3) is 0.467. The number of hydrogen-bond acceptors (Lipinski definition) is 2. The van der Waals surface area contributed by atoms with Crippen molar-refractivity contribution in [3.63, 3.8) is 0 Å². The van der Waals surface area contributed by atoms with Crippen molar-refractivity contribution >= 4 is 11.8 Å². The zero-order valence-corrected chi connectivity index (χ0v) is 12.0. The maximum atomic E-state index is 12.8. The van der Waals surface area contributed by atoms with Crippen molar-refractivity contribution in [2.75, 3.05) is 13.1 Å². The van der Waals surface area contributed by atoms with Crippen LogP contribution in [-0.2, 0) is 16.1 Å². The van der Waals surface area contributed by atoms with Gasteiger partial charge in [0.25, 0.3) is 0 Å². The molecule has 0 saturated carbocycles. The SMILES string of the molecule is CCCCNC(=O)CN(Cc1ccc(F)cc1)C(C)=O. The molecule has 0 spiro atoms. The van der Waals surface area contributed by atoms with E-state index in [-0.39, 0.29) is 24.2 Å². The lowest BCUT2D eigenvalue weighted by Crippen LogP contribution is -2.39. The minimum Gasteiger partial charge on any atom is -0.355 e. The van der Waals surface area contributed by atoms with Crippen LogP contribution in [0, 0.1) is 5.82 Å². The quantitative estimate of drug-likeness (QED) is 0.778. The topological polar surface area (TPSA) is 49.4 Å². The van der Waals surface area contributed by atoms with E-state index in [9.17, 15) is 14.0 Å². The second-order valence-corrected chi connectivity index (χ2v) is 4.71. The third-order valence-corrected chi connectivity index (χ3v) is 2.92. The fourth-order valence-corrected chi connectivity index (χ4v) is 1.72. The summed E-state index contributed by atoms with van der Waals surface area (Å²) in [5.41, 5.74) is 0.794. The van der Waals surface area contributed by atoms with Gasteiger partial charge >= 0.3 is 0 Å². The Bertz CT molecular complexity index is 446. The zero-order chi connectivity index (χ0) is 15.0. The average Bonchev–Trinajstić information content (AvgIpc) is 2.40. The Morgan fingerprint density at radius 3 is 2.45 bits per heavy atom. The molecule has 0 radical (unpaired) electrons. The van der Waals surface area contributed by atoms with E-state index < -0.39 is 0 Å². The van der Waals surface area contributed by atoms with Gasteiger partial charge in [-0.3, -0.25) is 9.59 Å². The van der Waals surface area contributed by atoms with Gasteiger partial charge in [-0.15, -0.1) is 0 Å². The van der Waals surface area contributed by atoms with Crippen molar-refractivity contribution in [2.24, 2.45) is 0 Å². The predicted molar refractivity (Wildman–Crippen MR) is 75.4 cm³/mol. The van der Waals surface area contributed by atoms with E-state index in [1.807, 2.05) is 6.92 Å². The molecule has 1 rings (SSSR count). The van der Waals surface area contributed by atoms with E-state index in [2.05, 4.69) is 5.32 Å². The molecule has 0 aliphatic heterocycles. The first kappa shape index (κ1) is 16.1. The lowest BCUT2D eigenvalue weighted by atomic mass is 10.2. The molecule has 1 N–H and O–H groups in total. The van der Waals surface area contributed by atoms with Gasteiger partial charge in [0.15, 0.2) is 0 Å². The number of benzene rings is 1. The van der Waals surface area contributed by atoms with E-state index in [1.165, 1.54) is 24.0 Å². The highest BCUT2D eigenvalue weighted by atomic mass is 19.1. The van der Waals surface area contributed by atoms with Crippen molar-refractivity contribution < 1.29 is 14.0 Å². The molecule has 0 atom stereocenters. The number of hydrogen-bond donors (Lipinski definition) is 1. The molecular formula is C15H21FN2O2. The lowest BCUT2D eigenvalue weighted by Gasteiger charge is -2.20. The van der Waals surface area contributed by atoms with Gasteiger partial charge in [0.05, 0.1) is 6.54 Å². The summed E-state index contributed by atoms with van der Waals surface area (Å²) in [4.78, 5) is 24.7. The van der Waals surface area contributed by atoms with Crippen molar-refractivity contribution in [1.29, 1.82) is 0 Å². The smallest absolute Gasteiger partial charge is 0.239 e. The van der Waals surface area contributed by atoms with E-state index in [0.717, 1.165) is 18.4 Å². The highest BCUT2D eigenvalue weighted by molar-refractivity contribution is 5.83. The lowest BCUT2D eigenvalue weighted by molar-refractivity contribution is -0.134. The van der Waals surface area contributed by atoms with Crippen LogP contribution in [-0.4, -0.2) is 29.8 Å². The highest BCUT2D eigenvalue weighted by Crippen LogP contribution is 2.06. The summed E-state index contributed by atoms with van der Waals surface area (Å²) in [7, 11) is 0. The first-order chi connectivity index (χ1) is 9.52. The van der Waals surface area contributed by atoms with E-state index in [0.29, 0.717) is 13.1 Å². The molecule has 4 nitrogen and oxygen atoms in total. The Balaban J connectivity index is 2.54. The van der Waals surface area contributed by atoms with Crippen LogP contribution >= 0.6 is 0 Å². The number of nitrogens with zero attached hydrogens (tertiary/aromatic N) is 1. The van der Waals surface area contributed by atoms with Gasteiger partial charge in [-0.2, -0.15) is 0 Å². The molecule has 0 heterocycles. The first-order valence-electron chi connectivity index (χ1n) is 6.79. The van der Waals surface area contributed by atoms with Crippen LogP contribution in [0.5, 0.6) is 0 Å². The van der Waals surface area contributed by atoms with E-state index in [1.54, 1.807) is 12.1 Å². The number of halogens is 1. The number of amides is 2.